The number of hydrogen-bond donors (Lipinski definition) is 2. The predicted octanol–water partition coefficient (Wildman–Crippen LogP) is 3.32. The van der Waals surface area contributed by atoms with Crippen molar-refractivity contribution in [3.63, 3.8) is 0 Å². The summed E-state index contributed by atoms with van der Waals surface area (Å²) >= 11 is 0. The Morgan fingerprint density at radius 3 is 2.35 bits per heavy atom. The molecule has 1 atom stereocenters. The summed E-state index contributed by atoms with van der Waals surface area (Å²) in [7, 11) is 0. The van der Waals surface area contributed by atoms with E-state index in [1.54, 1.807) is 0 Å². The highest BCUT2D eigenvalue weighted by atomic mass is 16.4. The van der Waals surface area contributed by atoms with Gasteiger partial charge in [-0.1, -0.05) is 38.5 Å². The van der Waals surface area contributed by atoms with E-state index in [2.05, 4.69) is 0 Å². The van der Waals surface area contributed by atoms with E-state index in [4.69, 9.17) is 10.8 Å². The van der Waals surface area contributed by atoms with Crippen LogP contribution in [0.3, 0.4) is 0 Å². The fourth-order valence-electron chi connectivity index (χ4n) is 2.81. The van der Waals surface area contributed by atoms with Gasteiger partial charge in [0, 0.05) is 12.5 Å². The van der Waals surface area contributed by atoms with Crippen molar-refractivity contribution in [3.8, 4) is 0 Å². The molecule has 3 N–H and O–H groups in total. The minimum atomic E-state index is -0.682. The molecule has 0 radical (unpaired) electrons. The molecule has 1 rings (SSSR count). The zero-order valence-electron chi connectivity index (χ0n) is 10.9. The van der Waals surface area contributed by atoms with Crippen molar-refractivity contribution in [3.05, 3.63) is 0 Å². The number of rotatable bonds is 7. The molecule has 1 saturated carbocycles. The second-order valence-corrected chi connectivity index (χ2v) is 5.41. The highest BCUT2D eigenvalue weighted by Gasteiger charge is 2.18. The van der Waals surface area contributed by atoms with Gasteiger partial charge in [-0.25, -0.2) is 0 Å². The van der Waals surface area contributed by atoms with Gasteiger partial charge in [0.05, 0.1) is 0 Å². The molecule has 0 heterocycles. The number of carboxylic acids is 1. The molecule has 0 bridgehead atoms. The lowest BCUT2D eigenvalue weighted by Crippen LogP contribution is -2.29. The smallest absolute Gasteiger partial charge is 0.303 e. The molecule has 17 heavy (non-hydrogen) atoms. The van der Waals surface area contributed by atoms with Crippen molar-refractivity contribution < 1.29 is 9.90 Å². The molecule has 0 aromatic heterocycles. The maximum atomic E-state index is 10.4. The third-order valence-corrected chi connectivity index (χ3v) is 3.93. The Morgan fingerprint density at radius 1 is 1.12 bits per heavy atom. The molecule has 0 spiro atoms. The lowest BCUT2D eigenvalue weighted by molar-refractivity contribution is -0.137. The molecule has 0 aliphatic heterocycles. The summed E-state index contributed by atoms with van der Waals surface area (Å²) in [6, 6.07) is 0.345. The van der Waals surface area contributed by atoms with E-state index >= 15 is 0 Å². The molecule has 0 aromatic rings. The van der Waals surface area contributed by atoms with Crippen LogP contribution in [0.15, 0.2) is 0 Å². The summed E-state index contributed by atoms with van der Waals surface area (Å²) < 4.78 is 0. The van der Waals surface area contributed by atoms with E-state index in [1.165, 1.54) is 38.5 Å². The minimum absolute atomic E-state index is 0.304. The van der Waals surface area contributed by atoms with Crippen LogP contribution in [0.25, 0.3) is 0 Å². The summed E-state index contributed by atoms with van der Waals surface area (Å²) in [6.45, 7) is 0. The van der Waals surface area contributed by atoms with Gasteiger partial charge in [0.2, 0.25) is 0 Å². The van der Waals surface area contributed by atoms with E-state index in [0.29, 0.717) is 12.5 Å². The molecule has 100 valence electrons. The standard InChI is InChI=1S/C14H27NO2/c15-13(10-6-3-7-11-14(16)17)12-8-4-1-2-5-9-12/h12-13H,1-11,15H2,(H,16,17). The number of unbranched alkanes of at least 4 members (excludes halogenated alkanes) is 2. The van der Waals surface area contributed by atoms with Gasteiger partial charge in [-0.2, -0.15) is 0 Å². The highest BCUT2D eigenvalue weighted by Crippen LogP contribution is 2.26. The highest BCUT2D eigenvalue weighted by molar-refractivity contribution is 5.66. The first-order valence-corrected chi connectivity index (χ1v) is 7.17. The van der Waals surface area contributed by atoms with Gasteiger partial charge in [-0.3, -0.25) is 4.79 Å². The number of hydrogen-bond acceptors (Lipinski definition) is 2. The Bertz CT molecular complexity index is 210. The fourth-order valence-corrected chi connectivity index (χ4v) is 2.81. The van der Waals surface area contributed by atoms with Crippen molar-refractivity contribution in [2.24, 2.45) is 11.7 Å². The summed E-state index contributed by atoms with van der Waals surface area (Å²) in [4.78, 5) is 10.4. The first-order valence-electron chi connectivity index (χ1n) is 7.17. The topological polar surface area (TPSA) is 63.3 Å². The van der Waals surface area contributed by atoms with Crippen LogP contribution < -0.4 is 5.73 Å². The second-order valence-electron chi connectivity index (χ2n) is 5.41. The maximum absolute atomic E-state index is 10.4. The maximum Gasteiger partial charge on any atom is 0.303 e. The Hall–Kier alpha value is -0.570. The Balaban J connectivity index is 2.06. The molecule has 0 aromatic carbocycles. The molecule has 1 aliphatic rings. The van der Waals surface area contributed by atoms with E-state index in [1.807, 2.05) is 0 Å². The van der Waals surface area contributed by atoms with Crippen LogP contribution in [0, 0.1) is 5.92 Å². The number of carbonyl (C=O) groups is 1. The van der Waals surface area contributed by atoms with E-state index in [9.17, 15) is 4.79 Å². The number of carboxylic acid groups (broad SMARTS) is 1. The zero-order chi connectivity index (χ0) is 12.5. The van der Waals surface area contributed by atoms with Crippen molar-refractivity contribution >= 4 is 5.97 Å². The van der Waals surface area contributed by atoms with Crippen LogP contribution in [0.1, 0.15) is 70.6 Å². The molecule has 1 aliphatic carbocycles. The Morgan fingerprint density at radius 2 is 1.76 bits per heavy atom. The largest absolute Gasteiger partial charge is 0.481 e. The quantitative estimate of drug-likeness (QED) is 0.531. The second kappa shape index (κ2) is 8.51. The van der Waals surface area contributed by atoms with Gasteiger partial charge in [0.15, 0.2) is 0 Å². The average molecular weight is 241 g/mol. The number of aliphatic carboxylic acids is 1. The lowest BCUT2D eigenvalue weighted by Gasteiger charge is -2.22. The van der Waals surface area contributed by atoms with Crippen LogP contribution in [0.5, 0.6) is 0 Å². The predicted molar refractivity (Wildman–Crippen MR) is 69.9 cm³/mol. The van der Waals surface area contributed by atoms with Crippen LogP contribution in [0.4, 0.5) is 0 Å². The summed E-state index contributed by atoms with van der Waals surface area (Å²) in [5, 5.41) is 8.53. The van der Waals surface area contributed by atoms with Gasteiger partial charge in [0.25, 0.3) is 0 Å². The molecule has 1 fully saturated rings. The monoisotopic (exact) mass is 241 g/mol. The van der Waals surface area contributed by atoms with Crippen LogP contribution in [-0.2, 0) is 4.79 Å². The lowest BCUT2D eigenvalue weighted by atomic mass is 9.89. The normalized spacial score (nSPS) is 19.8. The first-order chi connectivity index (χ1) is 8.20. The average Bonchev–Trinajstić information content (AvgIpc) is 2.56. The Labute approximate surface area is 105 Å². The summed E-state index contributed by atoms with van der Waals surface area (Å²) in [5.41, 5.74) is 6.24. The van der Waals surface area contributed by atoms with E-state index in [-0.39, 0.29) is 0 Å². The summed E-state index contributed by atoms with van der Waals surface area (Å²) in [5.74, 6) is 0.0371. The van der Waals surface area contributed by atoms with Crippen molar-refractivity contribution in [2.75, 3.05) is 0 Å². The SMILES string of the molecule is NC(CCCCCC(=O)O)C1CCCCCC1. The van der Waals surface area contributed by atoms with Crippen molar-refractivity contribution in [1.82, 2.24) is 0 Å². The molecule has 3 heteroatoms. The first kappa shape index (κ1) is 14.5. The number of nitrogens with two attached hydrogens (primary N) is 1. The molecule has 3 nitrogen and oxygen atoms in total. The third-order valence-electron chi connectivity index (χ3n) is 3.93. The molecular formula is C14H27NO2. The van der Waals surface area contributed by atoms with Gasteiger partial charge in [0.1, 0.15) is 0 Å². The molecule has 0 amide bonds. The van der Waals surface area contributed by atoms with Crippen molar-refractivity contribution in [2.45, 2.75) is 76.7 Å². The van der Waals surface area contributed by atoms with E-state index < -0.39 is 5.97 Å². The van der Waals surface area contributed by atoms with E-state index in [0.717, 1.165) is 31.6 Å². The zero-order valence-corrected chi connectivity index (χ0v) is 10.9. The Kier molecular flexibility index (Phi) is 7.25. The van der Waals surface area contributed by atoms with Gasteiger partial charge in [-0.05, 0) is 31.6 Å². The van der Waals surface area contributed by atoms with Crippen LogP contribution in [-0.4, -0.2) is 17.1 Å². The summed E-state index contributed by atoms with van der Waals surface area (Å²) in [6.07, 6.45) is 12.3. The fraction of sp³-hybridized carbons (Fsp3) is 0.929. The molecular weight excluding hydrogens is 214 g/mol. The van der Waals surface area contributed by atoms with Gasteiger partial charge >= 0.3 is 5.97 Å². The van der Waals surface area contributed by atoms with Gasteiger partial charge < -0.3 is 10.8 Å². The van der Waals surface area contributed by atoms with Crippen molar-refractivity contribution in [1.29, 1.82) is 0 Å². The third kappa shape index (κ3) is 6.67. The molecule has 1 unspecified atom stereocenters. The van der Waals surface area contributed by atoms with Crippen LogP contribution >= 0.6 is 0 Å². The molecule has 0 saturated heterocycles. The van der Waals surface area contributed by atoms with Gasteiger partial charge in [-0.15, -0.1) is 0 Å². The minimum Gasteiger partial charge on any atom is -0.481 e. The van der Waals surface area contributed by atoms with Crippen LogP contribution in [0.2, 0.25) is 0 Å².